The van der Waals surface area contributed by atoms with E-state index in [0.717, 1.165) is 0 Å². The van der Waals surface area contributed by atoms with Crippen LogP contribution in [0.1, 0.15) is 6.42 Å². The minimum absolute atomic E-state index is 0.0306. The predicted octanol–water partition coefficient (Wildman–Crippen LogP) is 0.824. The van der Waals surface area contributed by atoms with E-state index in [4.69, 9.17) is 5.14 Å². The van der Waals surface area contributed by atoms with Crippen LogP contribution in [0, 0.1) is 9.39 Å². The molecule has 98 valence electrons. The highest BCUT2D eigenvalue weighted by molar-refractivity contribution is 14.1. The largest absolute Gasteiger partial charge is 0.310 e. The van der Waals surface area contributed by atoms with E-state index in [9.17, 15) is 17.6 Å². The summed E-state index contributed by atoms with van der Waals surface area (Å²) in [5.41, 5.74) is 0.381. The molecule has 0 radical (unpaired) electrons. The molecule has 0 aromatic heterocycles. The molecular weight excluding hydrogens is 374 g/mol. The van der Waals surface area contributed by atoms with Gasteiger partial charge in [-0.15, -0.1) is 0 Å². The third-order valence-electron chi connectivity index (χ3n) is 2.75. The average Bonchev–Trinajstić information content (AvgIpc) is 2.64. The molecule has 1 saturated heterocycles. The van der Waals surface area contributed by atoms with Crippen LogP contribution in [0.2, 0.25) is 0 Å². The zero-order chi connectivity index (χ0) is 13.5. The first-order valence-electron chi connectivity index (χ1n) is 5.06. The number of halogens is 2. The van der Waals surface area contributed by atoms with Gasteiger partial charge in [0.25, 0.3) is 0 Å². The molecule has 2 N–H and O–H groups in total. The maximum atomic E-state index is 13.2. The van der Waals surface area contributed by atoms with E-state index in [0.29, 0.717) is 9.26 Å². The molecule has 1 aliphatic heterocycles. The summed E-state index contributed by atoms with van der Waals surface area (Å²) in [7, 11) is -3.76. The number of sulfonamides is 1. The lowest BCUT2D eigenvalue weighted by Gasteiger charge is -2.18. The highest BCUT2D eigenvalue weighted by atomic mass is 127. The second kappa shape index (κ2) is 4.74. The van der Waals surface area contributed by atoms with Gasteiger partial charge in [0.15, 0.2) is 0 Å². The van der Waals surface area contributed by atoms with Crippen LogP contribution in [0.5, 0.6) is 0 Å². The summed E-state index contributed by atoms with van der Waals surface area (Å²) in [6.07, 6.45) is -0.161. The number of benzene rings is 1. The molecule has 1 amide bonds. The molecule has 2 rings (SSSR count). The zero-order valence-corrected chi connectivity index (χ0v) is 12.1. The molecule has 0 bridgehead atoms. The molecule has 0 aliphatic carbocycles. The van der Waals surface area contributed by atoms with Crippen molar-refractivity contribution in [3.8, 4) is 0 Å². The molecule has 1 fully saturated rings. The molecule has 1 aromatic carbocycles. The van der Waals surface area contributed by atoms with E-state index in [-0.39, 0.29) is 18.9 Å². The van der Waals surface area contributed by atoms with Crippen LogP contribution in [-0.4, -0.2) is 26.1 Å². The van der Waals surface area contributed by atoms with Crippen LogP contribution < -0.4 is 10.0 Å². The lowest BCUT2D eigenvalue weighted by Crippen LogP contribution is -2.32. The van der Waals surface area contributed by atoms with Crippen molar-refractivity contribution in [3.63, 3.8) is 0 Å². The van der Waals surface area contributed by atoms with Crippen molar-refractivity contribution in [3.05, 3.63) is 27.6 Å². The number of hydrogen-bond acceptors (Lipinski definition) is 3. The van der Waals surface area contributed by atoms with E-state index in [2.05, 4.69) is 0 Å². The SMILES string of the molecule is NS(=O)(=O)C1CC(=O)N(c2cc(F)ccc2I)C1. The van der Waals surface area contributed by atoms with Crippen LogP contribution in [-0.2, 0) is 14.8 Å². The number of anilines is 1. The Morgan fingerprint density at radius 1 is 1.44 bits per heavy atom. The summed E-state index contributed by atoms with van der Waals surface area (Å²) in [4.78, 5) is 13.0. The maximum Gasteiger partial charge on any atom is 0.228 e. The molecule has 1 aromatic rings. The molecule has 5 nitrogen and oxygen atoms in total. The quantitative estimate of drug-likeness (QED) is 0.767. The summed E-state index contributed by atoms with van der Waals surface area (Å²) >= 11 is 1.96. The Labute approximate surface area is 117 Å². The van der Waals surface area contributed by atoms with Gasteiger partial charge in [0.05, 0.1) is 5.69 Å². The van der Waals surface area contributed by atoms with Crippen LogP contribution in [0.15, 0.2) is 18.2 Å². The van der Waals surface area contributed by atoms with E-state index in [1.54, 1.807) is 0 Å². The summed E-state index contributed by atoms with van der Waals surface area (Å²) in [5, 5.41) is 4.10. The second-order valence-corrected chi connectivity index (χ2v) is 7.02. The fraction of sp³-hybridized carbons (Fsp3) is 0.300. The van der Waals surface area contributed by atoms with Gasteiger partial charge >= 0.3 is 0 Å². The number of amides is 1. The molecule has 0 saturated carbocycles. The smallest absolute Gasteiger partial charge is 0.228 e. The molecule has 1 heterocycles. The van der Waals surface area contributed by atoms with Crippen molar-refractivity contribution in [1.29, 1.82) is 0 Å². The first kappa shape index (κ1) is 13.7. The van der Waals surface area contributed by atoms with Crippen molar-refractivity contribution in [2.75, 3.05) is 11.4 Å². The third kappa shape index (κ3) is 2.64. The minimum Gasteiger partial charge on any atom is -0.310 e. The van der Waals surface area contributed by atoms with Gasteiger partial charge in [-0.25, -0.2) is 17.9 Å². The van der Waals surface area contributed by atoms with Gasteiger partial charge in [-0.2, -0.15) is 0 Å². The molecule has 0 spiro atoms. The molecule has 1 atom stereocenters. The Kier molecular flexibility index (Phi) is 3.60. The number of primary sulfonamides is 1. The standard InChI is InChI=1S/C10H10FIN2O3S/c11-6-1-2-8(12)9(3-6)14-5-7(4-10(14)15)18(13,16)17/h1-3,7H,4-5H2,(H2,13,16,17). The van der Waals surface area contributed by atoms with Crippen molar-refractivity contribution in [1.82, 2.24) is 0 Å². The van der Waals surface area contributed by atoms with Gasteiger partial charge in [-0.05, 0) is 40.8 Å². The zero-order valence-electron chi connectivity index (χ0n) is 9.14. The van der Waals surface area contributed by atoms with Crippen LogP contribution in [0.3, 0.4) is 0 Å². The van der Waals surface area contributed by atoms with Gasteiger partial charge in [-0.3, -0.25) is 4.79 Å². The lowest BCUT2D eigenvalue weighted by molar-refractivity contribution is -0.117. The molecule has 1 aliphatic rings. The van der Waals surface area contributed by atoms with Crippen LogP contribution in [0.25, 0.3) is 0 Å². The van der Waals surface area contributed by atoms with E-state index in [1.165, 1.54) is 23.1 Å². The van der Waals surface area contributed by atoms with Gasteiger partial charge in [0.1, 0.15) is 11.1 Å². The van der Waals surface area contributed by atoms with Crippen molar-refractivity contribution >= 4 is 44.2 Å². The second-order valence-electron chi connectivity index (χ2n) is 4.02. The van der Waals surface area contributed by atoms with Crippen LogP contribution in [0.4, 0.5) is 10.1 Å². The van der Waals surface area contributed by atoms with Gasteiger partial charge in [0, 0.05) is 16.5 Å². The highest BCUT2D eigenvalue weighted by Gasteiger charge is 2.37. The lowest BCUT2D eigenvalue weighted by atomic mass is 10.3. The number of rotatable bonds is 2. The molecule has 1 unspecified atom stereocenters. The van der Waals surface area contributed by atoms with Crippen LogP contribution >= 0.6 is 22.6 Å². The monoisotopic (exact) mass is 384 g/mol. The predicted molar refractivity (Wildman–Crippen MR) is 73.0 cm³/mol. The summed E-state index contributed by atoms with van der Waals surface area (Å²) in [5.74, 6) is -0.838. The molecule has 18 heavy (non-hydrogen) atoms. The Morgan fingerprint density at radius 2 is 2.11 bits per heavy atom. The number of nitrogens with zero attached hydrogens (tertiary/aromatic N) is 1. The normalized spacial score (nSPS) is 20.5. The highest BCUT2D eigenvalue weighted by Crippen LogP contribution is 2.29. The van der Waals surface area contributed by atoms with E-state index in [1.807, 2.05) is 22.6 Å². The van der Waals surface area contributed by atoms with Crippen molar-refractivity contribution in [2.24, 2.45) is 5.14 Å². The van der Waals surface area contributed by atoms with Crippen molar-refractivity contribution < 1.29 is 17.6 Å². The number of carbonyl (C=O) groups excluding carboxylic acids is 1. The first-order chi connectivity index (χ1) is 8.29. The van der Waals surface area contributed by atoms with Crippen molar-refractivity contribution in [2.45, 2.75) is 11.7 Å². The van der Waals surface area contributed by atoms with Gasteiger partial charge in [0.2, 0.25) is 15.9 Å². The topological polar surface area (TPSA) is 80.5 Å². The first-order valence-corrected chi connectivity index (χ1v) is 7.75. The average molecular weight is 384 g/mol. The number of carbonyl (C=O) groups is 1. The van der Waals surface area contributed by atoms with Gasteiger partial charge < -0.3 is 4.90 Å². The van der Waals surface area contributed by atoms with Gasteiger partial charge in [-0.1, -0.05) is 0 Å². The third-order valence-corrected chi connectivity index (χ3v) is 4.91. The summed E-state index contributed by atoms with van der Waals surface area (Å²) < 4.78 is 36.3. The molecular formula is C10H10FIN2O3S. The Balaban J connectivity index is 2.35. The minimum atomic E-state index is -3.76. The fourth-order valence-corrected chi connectivity index (χ4v) is 3.18. The fourth-order valence-electron chi connectivity index (χ4n) is 1.82. The molecule has 8 heteroatoms. The Morgan fingerprint density at radius 3 is 2.67 bits per heavy atom. The maximum absolute atomic E-state index is 13.2. The Hall–Kier alpha value is -0.740. The van der Waals surface area contributed by atoms with E-state index >= 15 is 0 Å². The summed E-state index contributed by atoms with van der Waals surface area (Å²) in [6, 6.07) is 4.02. The Bertz CT molecular complexity index is 605. The summed E-state index contributed by atoms with van der Waals surface area (Å²) in [6.45, 7) is -0.0306. The van der Waals surface area contributed by atoms with E-state index < -0.39 is 21.1 Å². The number of hydrogen-bond donors (Lipinski definition) is 1. The number of nitrogens with two attached hydrogens (primary N) is 1.